The van der Waals surface area contributed by atoms with Crippen LogP contribution in [0.4, 0.5) is 10.4 Å². The molecule has 0 unspecified atom stereocenters. The minimum absolute atomic E-state index is 0.117. The van der Waals surface area contributed by atoms with Gasteiger partial charge in [-0.2, -0.15) is 20.0 Å². The van der Waals surface area contributed by atoms with Crippen molar-refractivity contribution < 1.29 is 13.7 Å². The number of aromatic nitrogens is 9. The van der Waals surface area contributed by atoms with Gasteiger partial charge in [-0.1, -0.05) is 5.16 Å². The molecule has 0 bridgehead atoms. The zero-order chi connectivity index (χ0) is 22.2. The van der Waals surface area contributed by atoms with Crippen molar-refractivity contribution in [3.63, 3.8) is 0 Å². The molecule has 12 nitrogen and oxygen atoms in total. The lowest BCUT2D eigenvalue weighted by Gasteiger charge is -2.29. The van der Waals surface area contributed by atoms with Crippen LogP contribution in [0.2, 0.25) is 0 Å². The summed E-state index contributed by atoms with van der Waals surface area (Å²) < 4.78 is 26.8. The van der Waals surface area contributed by atoms with Crippen LogP contribution in [0.15, 0.2) is 35.2 Å². The van der Waals surface area contributed by atoms with Gasteiger partial charge in [0.15, 0.2) is 17.4 Å². The van der Waals surface area contributed by atoms with Crippen molar-refractivity contribution in [1.29, 1.82) is 0 Å². The number of benzene rings is 1. The number of anilines is 1. The summed E-state index contributed by atoms with van der Waals surface area (Å²) in [4.78, 5) is 8.36. The average Bonchev–Trinajstić information content (AvgIpc) is 3.26. The maximum absolute atomic E-state index is 14.4. The first-order chi connectivity index (χ1) is 16.2. The monoisotopic (exact) mass is 452 g/mol. The van der Waals surface area contributed by atoms with Crippen molar-refractivity contribution in [1.82, 2.24) is 45.3 Å². The Balaban J connectivity index is 1.04. The quantitative estimate of drug-likeness (QED) is 0.411. The van der Waals surface area contributed by atoms with Crippen LogP contribution in [-0.2, 0) is 6.61 Å². The van der Waals surface area contributed by atoms with E-state index in [0.717, 1.165) is 44.6 Å². The predicted molar refractivity (Wildman–Crippen MR) is 110 cm³/mol. The number of rotatable bonds is 7. The van der Waals surface area contributed by atoms with Crippen molar-refractivity contribution >= 4 is 6.01 Å². The lowest BCUT2D eigenvalue weighted by atomic mass is 10.1. The standard InChI is InChI=1S/C20H21FN10O2/c21-17-9-16(30-12-22-27-28-30)3-4-18(17)32-11-14-10-23-31(25-14)15-5-7-29(8-6-15)20-24-19(26-33-20)13-1-2-13/h3-4,9-10,12-13,15H,1-2,5-8,11H2. The summed E-state index contributed by atoms with van der Waals surface area (Å²) in [5, 5.41) is 23.8. The molecule has 0 N–H and O–H groups in total. The third-order valence-electron chi connectivity index (χ3n) is 5.90. The van der Waals surface area contributed by atoms with Crippen LogP contribution >= 0.6 is 0 Å². The summed E-state index contributed by atoms with van der Waals surface area (Å²) in [5.41, 5.74) is 1.14. The Bertz CT molecular complexity index is 1230. The summed E-state index contributed by atoms with van der Waals surface area (Å²) in [5.74, 6) is 0.923. The largest absolute Gasteiger partial charge is 0.484 e. The van der Waals surface area contributed by atoms with Gasteiger partial charge in [0.05, 0.1) is 17.9 Å². The number of hydrogen-bond donors (Lipinski definition) is 0. The molecule has 1 aliphatic carbocycles. The summed E-state index contributed by atoms with van der Waals surface area (Å²) in [6, 6.07) is 5.31. The van der Waals surface area contributed by atoms with Crippen molar-refractivity contribution in [3.05, 3.63) is 48.1 Å². The molecule has 1 saturated carbocycles. The van der Waals surface area contributed by atoms with E-state index >= 15 is 0 Å². The van der Waals surface area contributed by atoms with E-state index in [1.54, 1.807) is 23.1 Å². The highest BCUT2D eigenvalue weighted by atomic mass is 19.1. The molecule has 1 saturated heterocycles. The van der Waals surface area contributed by atoms with Crippen LogP contribution in [-0.4, -0.2) is 58.4 Å². The molecule has 0 radical (unpaired) electrons. The Kier molecular flexibility index (Phi) is 4.92. The molecule has 13 heteroatoms. The van der Waals surface area contributed by atoms with Gasteiger partial charge >= 0.3 is 6.01 Å². The lowest BCUT2D eigenvalue weighted by Crippen LogP contribution is -2.35. The van der Waals surface area contributed by atoms with Gasteiger partial charge in [0.1, 0.15) is 18.6 Å². The molecule has 1 aromatic carbocycles. The number of ether oxygens (including phenoxy) is 1. The minimum atomic E-state index is -0.506. The molecule has 4 heterocycles. The SMILES string of the molecule is Fc1cc(-n2cnnn2)ccc1OCc1cnn(C2CCN(c3nc(C4CC4)no3)CC2)n1. The molecule has 6 rings (SSSR count). The van der Waals surface area contributed by atoms with Gasteiger partial charge in [-0.3, -0.25) is 0 Å². The van der Waals surface area contributed by atoms with Gasteiger partial charge in [-0.15, -0.1) is 5.10 Å². The van der Waals surface area contributed by atoms with Gasteiger partial charge in [0.2, 0.25) is 0 Å². The summed E-state index contributed by atoms with van der Waals surface area (Å²) in [6.45, 7) is 1.71. The third-order valence-corrected chi connectivity index (χ3v) is 5.90. The Morgan fingerprint density at radius 2 is 2.03 bits per heavy atom. The number of piperidine rings is 1. The highest BCUT2D eigenvalue weighted by Crippen LogP contribution is 2.39. The fourth-order valence-electron chi connectivity index (χ4n) is 3.88. The first-order valence-electron chi connectivity index (χ1n) is 10.9. The fraction of sp³-hybridized carbons (Fsp3) is 0.450. The number of halogens is 1. The second-order valence-corrected chi connectivity index (χ2v) is 8.24. The van der Waals surface area contributed by atoms with Crippen molar-refractivity contribution in [2.24, 2.45) is 0 Å². The molecule has 0 amide bonds. The van der Waals surface area contributed by atoms with E-state index in [4.69, 9.17) is 9.26 Å². The van der Waals surface area contributed by atoms with Crippen LogP contribution in [0.1, 0.15) is 49.2 Å². The Hall–Kier alpha value is -3.90. The number of nitrogens with zero attached hydrogens (tertiary/aromatic N) is 10. The van der Waals surface area contributed by atoms with E-state index in [1.165, 1.54) is 17.1 Å². The summed E-state index contributed by atoms with van der Waals surface area (Å²) in [7, 11) is 0. The Morgan fingerprint density at radius 1 is 1.15 bits per heavy atom. The maximum Gasteiger partial charge on any atom is 0.324 e. The van der Waals surface area contributed by atoms with Crippen molar-refractivity contribution in [2.45, 2.75) is 44.2 Å². The number of tetrazole rings is 1. The smallest absolute Gasteiger partial charge is 0.324 e. The van der Waals surface area contributed by atoms with E-state index in [2.05, 4.69) is 40.8 Å². The van der Waals surface area contributed by atoms with Crippen molar-refractivity contribution in [2.75, 3.05) is 18.0 Å². The van der Waals surface area contributed by atoms with Gasteiger partial charge in [0, 0.05) is 25.1 Å². The summed E-state index contributed by atoms with van der Waals surface area (Å²) >= 11 is 0. The third kappa shape index (κ3) is 4.13. The fourth-order valence-corrected chi connectivity index (χ4v) is 3.88. The highest BCUT2D eigenvalue weighted by Gasteiger charge is 2.31. The van der Waals surface area contributed by atoms with Crippen molar-refractivity contribution in [3.8, 4) is 11.4 Å². The van der Waals surface area contributed by atoms with Gasteiger partial charge < -0.3 is 14.2 Å². The normalized spacial score (nSPS) is 16.9. The molecule has 2 fully saturated rings. The topological polar surface area (TPSA) is 126 Å². The highest BCUT2D eigenvalue weighted by molar-refractivity contribution is 5.37. The number of hydrogen-bond acceptors (Lipinski definition) is 10. The first-order valence-corrected chi connectivity index (χ1v) is 10.9. The molecule has 170 valence electrons. The second kappa shape index (κ2) is 8.22. The first kappa shape index (κ1) is 19.8. The van der Waals surface area contributed by atoms with E-state index in [9.17, 15) is 4.39 Å². The minimum Gasteiger partial charge on any atom is -0.484 e. The molecule has 2 aliphatic rings. The molecular weight excluding hydrogens is 431 g/mol. The van der Waals surface area contributed by atoms with Gasteiger partial charge in [-0.25, -0.2) is 9.07 Å². The maximum atomic E-state index is 14.4. The van der Waals surface area contributed by atoms with E-state index < -0.39 is 5.82 Å². The Morgan fingerprint density at radius 3 is 2.79 bits per heavy atom. The zero-order valence-electron chi connectivity index (χ0n) is 17.7. The molecule has 33 heavy (non-hydrogen) atoms. The molecular formula is C20H21FN10O2. The van der Waals surface area contributed by atoms with Gasteiger partial charge in [-0.05, 0) is 48.2 Å². The molecule has 0 atom stereocenters. The molecule has 0 spiro atoms. The van der Waals surface area contributed by atoms with E-state index in [-0.39, 0.29) is 18.4 Å². The molecule has 4 aromatic rings. The van der Waals surface area contributed by atoms with Crippen LogP contribution < -0.4 is 9.64 Å². The molecule has 3 aromatic heterocycles. The average molecular weight is 452 g/mol. The lowest BCUT2D eigenvalue weighted by molar-refractivity contribution is 0.278. The van der Waals surface area contributed by atoms with E-state index in [1.807, 2.05) is 0 Å². The molecule has 1 aliphatic heterocycles. The van der Waals surface area contributed by atoms with E-state index in [0.29, 0.717) is 23.3 Å². The zero-order valence-corrected chi connectivity index (χ0v) is 17.7. The second-order valence-electron chi connectivity index (χ2n) is 8.24. The van der Waals surface area contributed by atoms with Crippen LogP contribution in [0, 0.1) is 5.82 Å². The predicted octanol–water partition coefficient (Wildman–Crippen LogP) is 2.07. The van der Waals surface area contributed by atoms with Gasteiger partial charge in [0.25, 0.3) is 0 Å². The summed E-state index contributed by atoms with van der Waals surface area (Å²) in [6.07, 6.45) is 7.07. The Labute approximate surface area is 187 Å². The van der Waals surface area contributed by atoms with Crippen LogP contribution in [0.25, 0.3) is 5.69 Å². The van der Waals surface area contributed by atoms with Crippen LogP contribution in [0.3, 0.4) is 0 Å². The van der Waals surface area contributed by atoms with Crippen LogP contribution in [0.5, 0.6) is 5.75 Å².